The summed E-state index contributed by atoms with van der Waals surface area (Å²) < 4.78 is 0. The van der Waals surface area contributed by atoms with E-state index in [9.17, 15) is 4.79 Å². The van der Waals surface area contributed by atoms with Crippen molar-refractivity contribution in [3.8, 4) is 0 Å². The molecule has 4 aliphatic carbocycles. The van der Waals surface area contributed by atoms with E-state index in [1.165, 1.54) is 48.4 Å². The SMILES string of the molecule is CC1(C)C(=O)N([C@H]2C3CC4CC2C[C@](C)(C4)C3)C1c1cccc2ccccc12. The number of fused-ring (bicyclic) bond motifs is 1. The van der Waals surface area contributed by atoms with Crippen molar-refractivity contribution in [2.24, 2.45) is 28.6 Å². The van der Waals surface area contributed by atoms with Crippen molar-refractivity contribution in [2.75, 3.05) is 0 Å². The predicted molar refractivity (Wildman–Crippen MR) is 113 cm³/mol. The lowest BCUT2D eigenvalue weighted by molar-refractivity contribution is -0.197. The van der Waals surface area contributed by atoms with Gasteiger partial charge in [-0.3, -0.25) is 4.79 Å². The maximum absolute atomic E-state index is 13.4. The van der Waals surface area contributed by atoms with Gasteiger partial charge < -0.3 is 4.90 Å². The highest BCUT2D eigenvalue weighted by atomic mass is 16.2. The van der Waals surface area contributed by atoms with Gasteiger partial charge in [-0.1, -0.05) is 49.4 Å². The molecule has 3 atom stereocenters. The molecule has 2 aromatic carbocycles. The molecule has 7 rings (SSSR count). The van der Waals surface area contributed by atoms with Crippen LogP contribution in [0.5, 0.6) is 0 Å². The van der Waals surface area contributed by atoms with Crippen LogP contribution >= 0.6 is 0 Å². The van der Waals surface area contributed by atoms with Crippen LogP contribution in [0.3, 0.4) is 0 Å². The third kappa shape index (κ3) is 2.12. The molecule has 4 bridgehead atoms. The van der Waals surface area contributed by atoms with E-state index >= 15 is 0 Å². The summed E-state index contributed by atoms with van der Waals surface area (Å²) in [6.45, 7) is 6.84. The zero-order chi connectivity index (χ0) is 19.3. The fourth-order valence-electron chi connectivity index (χ4n) is 8.04. The Hall–Kier alpha value is -1.83. The average molecular weight is 374 g/mol. The van der Waals surface area contributed by atoms with Crippen LogP contribution in [0, 0.1) is 28.6 Å². The maximum Gasteiger partial charge on any atom is 0.231 e. The van der Waals surface area contributed by atoms with Crippen molar-refractivity contribution < 1.29 is 4.79 Å². The van der Waals surface area contributed by atoms with Gasteiger partial charge in [0.2, 0.25) is 5.91 Å². The van der Waals surface area contributed by atoms with Crippen LogP contribution in [-0.2, 0) is 4.79 Å². The summed E-state index contributed by atoms with van der Waals surface area (Å²) in [7, 11) is 0. The highest BCUT2D eigenvalue weighted by Crippen LogP contribution is 2.64. The number of rotatable bonds is 2. The first kappa shape index (κ1) is 17.1. The molecular weight excluding hydrogens is 342 g/mol. The fraction of sp³-hybridized carbons (Fsp3) is 0.577. The summed E-state index contributed by atoms with van der Waals surface area (Å²) in [5, 5.41) is 2.60. The molecular formula is C26H31NO. The smallest absolute Gasteiger partial charge is 0.231 e. The van der Waals surface area contributed by atoms with Crippen LogP contribution in [-0.4, -0.2) is 16.8 Å². The molecule has 146 valence electrons. The molecule has 4 saturated carbocycles. The molecule has 1 heterocycles. The topological polar surface area (TPSA) is 20.3 Å². The molecule has 3 unspecified atom stereocenters. The minimum absolute atomic E-state index is 0.210. The number of benzene rings is 2. The van der Waals surface area contributed by atoms with Gasteiger partial charge in [0.25, 0.3) is 0 Å². The van der Waals surface area contributed by atoms with Gasteiger partial charge in [0.15, 0.2) is 0 Å². The molecule has 5 aliphatic rings. The van der Waals surface area contributed by atoms with E-state index in [0.717, 1.165) is 5.92 Å². The van der Waals surface area contributed by atoms with Crippen molar-refractivity contribution >= 4 is 16.7 Å². The van der Waals surface area contributed by atoms with Crippen LogP contribution in [0.1, 0.15) is 64.5 Å². The van der Waals surface area contributed by atoms with Crippen molar-refractivity contribution in [3.05, 3.63) is 48.0 Å². The Labute approximate surface area is 168 Å². The Morgan fingerprint density at radius 3 is 2.29 bits per heavy atom. The number of amides is 1. The lowest BCUT2D eigenvalue weighted by atomic mass is 9.47. The van der Waals surface area contributed by atoms with Crippen LogP contribution in [0.4, 0.5) is 0 Å². The van der Waals surface area contributed by atoms with Gasteiger partial charge in [-0.15, -0.1) is 0 Å². The molecule has 1 saturated heterocycles. The minimum atomic E-state index is -0.303. The first-order valence-electron chi connectivity index (χ1n) is 11.2. The van der Waals surface area contributed by atoms with Crippen LogP contribution < -0.4 is 0 Å². The number of carbonyl (C=O) groups is 1. The lowest BCUT2D eigenvalue weighted by Crippen LogP contribution is -2.70. The summed E-state index contributed by atoms with van der Waals surface area (Å²) in [5.41, 5.74) is 1.59. The molecule has 0 radical (unpaired) electrons. The molecule has 1 amide bonds. The highest BCUT2D eigenvalue weighted by Gasteiger charge is 2.63. The van der Waals surface area contributed by atoms with E-state index in [-0.39, 0.29) is 11.5 Å². The summed E-state index contributed by atoms with van der Waals surface area (Å²) in [6, 6.07) is 16.0. The normalized spacial score (nSPS) is 40.8. The molecule has 0 spiro atoms. The number of nitrogens with zero attached hydrogens (tertiary/aromatic N) is 1. The van der Waals surface area contributed by atoms with Crippen molar-refractivity contribution in [1.29, 1.82) is 0 Å². The average Bonchev–Trinajstić information content (AvgIpc) is 2.65. The van der Waals surface area contributed by atoms with Crippen LogP contribution in [0.15, 0.2) is 42.5 Å². The molecule has 0 aromatic heterocycles. The molecule has 5 fully saturated rings. The van der Waals surface area contributed by atoms with Crippen LogP contribution in [0.2, 0.25) is 0 Å². The predicted octanol–water partition coefficient (Wildman–Crippen LogP) is 5.96. The molecule has 2 heteroatoms. The summed E-state index contributed by atoms with van der Waals surface area (Å²) in [4.78, 5) is 15.8. The van der Waals surface area contributed by atoms with Crippen LogP contribution in [0.25, 0.3) is 10.8 Å². The zero-order valence-electron chi connectivity index (χ0n) is 17.3. The highest BCUT2D eigenvalue weighted by molar-refractivity contribution is 5.94. The Kier molecular flexibility index (Phi) is 3.29. The first-order valence-corrected chi connectivity index (χ1v) is 11.2. The van der Waals surface area contributed by atoms with Gasteiger partial charge >= 0.3 is 0 Å². The molecule has 0 N–H and O–H groups in total. The molecule has 1 aliphatic heterocycles. The quantitative estimate of drug-likeness (QED) is 0.594. The van der Waals surface area contributed by atoms with E-state index in [1.807, 2.05) is 0 Å². The Morgan fingerprint density at radius 2 is 1.57 bits per heavy atom. The second kappa shape index (κ2) is 5.40. The standard InChI is InChI=1S/C26H31NO/c1-25(2)23(21-10-6-8-17-7-4-5-9-20(17)21)27(24(25)28)22-18-11-16-12-19(22)15-26(3,13-16)14-18/h4-10,16,18-19,22-23H,11-15H2,1-3H3/t16?,18?,19?,22-,23?,26+. The van der Waals surface area contributed by atoms with Gasteiger partial charge in [0.1, 0.15) is 0 Å². The Balaban J connectivity index is 1.44. The summed E-state index contributed by atoms with van der Waals surface area (Å²) >= 11 is 0. The number of β-lactam (4-membered cyclic amide) rings is 1. The Morgan fingerprint density at radius 1 is 0.893 bits per heavy atom. The number of carbonyl (C=O) groups excluding carboxylic acids is 1. The first-order chi connectivity index (χ1) is 13.4. The lowest BCUT2D eigenvalue weighted by Gasteiger charge is -2.66. The van der Waals surface area contributed by atoms with Gasteiger partial charge in [-0.25, -0.2) is 0 Å². The zero-order valence-corrected chi connectivity index (χ0v) is 17.3. The number of hydrogen-bond acceptors (Lipinski definition) is 1. The molecule has 2 nitrogen and oxygen atoms in total. The van der Waals surface area contributed by atoms with E-state index < -0.39 is 0 Å². The second-order valence-corrected chi connectivity index (χ2v) is 11.2. The third-order valence-corrected chi connectivity index (χ3v) is 8.72. The van der Waals surface area contributed by atoms with Gasteiger partial charge in [0, 0.05) is 6.04 Å². The molecule has 2 aromatic rings. The minimum Gasteiger partial charge on any atom is -0.330 e. The van der Waals surface area contributed by atoms with Crippen molar-refractivity contribution in [1.82, 2.24) is 4.90 Å². The number of likely N-dealkylation sites (tertiary alicyclic amines) is 1. The second-order valence-electron chi connectivity index (χ2n) is 11.2. The van der Waals surface area contributed by atoms with Gasteiger partial charge in [-0.05, 0) is 85.5 Å². The van der Waals surface area contributed by atoms with Crippen molar-refractivity contribution in [2.45, 2.75) is 65.0 Å². The van der Waals surface area contributed by atoms with Crippen molar-refractivity contribution in [3.63, 3.8) is 0 Å². The Bertz CT molecular complexity index is 954. The monoisotopic (exact) mass is 373 g/mol. The van der Waals surface area contributed by atoms with Gasteiger partial charge in [-0.2, -0.15) is 0 Å². The number of hydrogen-bond donors (Lipinski definition) is 0. The fourth-order valence-corrected chi connectivity index (χ4v) is 8.04. The molecule has 28 heavy (non-hydrogen) atoms. The summed E-state index contributed by atoms with van der Waals surface area (Å²) in [6.07, 6.45) is 6.79. The van der Waals surface area contributed by atoms with E-state index in [1.54, 1.807) is 0 Å². The maximum atomic E-state index is 13.4. The largest absolute Gasteiger partial charge is 0.330 e. The van der Waals surface area contributed by atoms with E-state index in [4.69, 9.17) is 0 Å². The van der Waals surface area contributed by atoms with Gasteiger partial charge in [0.05, 0.1) is 11.5 Å². The van der Waals surface area contributed by atoms with E-state index in [0.29, 0.717) is 29.2 Å². The summed E-state index contributed by atoms with van der Waals surface area (Å²) in [5.74, 6) is 2.73. The third-order valence-electron chi connectivity index (χ3n) is 8.72. The van der Waals surface area contributed by atoms with E-state index in [2.05, 4.69) is 68.1 Å².